The lowest BCUT2D eigenvalue weighted by atomic mass is 10.1. The van der Waals surface area contributed by atoms with E-state index in [1.165, 1.54) is 12.1 Å². The zero-order valence-electron chi connectivity index (χ0n) is 10.4. The van der Waals surface area contributed by atoms with Crippen LogP contribution in [0.5, 0.6) is 0 Å². The van der Waals surface area contributed by atoms with Crippen molar-refractivity contribution < 1.29 is 4.39 Å². The third kappa shape index (κ3) is 3.38. The molecule has 5 N–H and O–H groups in total. The number of benzene rings is 1. The Labute approximate surface area is 110 Å². The molecule has 0 aliphatic heterocycles. The van der Waals surface area contributed by atoms with Gasteiger partial charge in [-0.1, -0.05) is 0 Å². The quantitative estimate of drug-likeness (QED) is 0.712. The van der Waals surface area contributed by atoms with E-state index >= 15 is 0 Å². The fourth-order valence-electron chi connectivity index (χ4n) is 1.68. The highest BCUT2D eigenvalue weighted by Gasteiger charge is 2.08. The van der Waals surface area contributed by atoms with Gasteiger partial charge in [0.1, 0.15) is 5.82 Å². The van der Waals surface area contributed by atoms with Crippen LogP contribution in [0.3, 0.4) is 0 Å². The molecule has 0 fully saturated rings. The summed E-state index contributed by atoms with van der Waals surface area (Å²) in [6.45, 7) is 1.33. The average Bonchev–Trinajstić information content (AvgIpc) is 2.41. The van der Waals surface area contributed by atoms with Crippen molar-refractivity contribution >= 4 is 11.6 Å². The molecule has 2 aromatic rings. The Balaban J connectivity index is 2.31. The van der Waals surface area contributed by atoms with Gasteiger partial charge in [0.05, 0.1) is 17.6 Å². The molecule has 1 aromatic heterocycles. The van der Waals surface area contributed by atoms with E-state index in [-0.39, 0.29) is 11.8 Å². The van der Waals surface area contributed by atoms with Gasteiger partial charge in [-0.15, -0.1) is 0 Å². The SMILES string of the molecule is NCCCNc1cnc(N)nc1-c1ccc(F)cc1. The van der Waals surface area contributed by atoms with Crippen molar-refractivity contribution in [3.05, 3.63) is 36.3 Å². The molecule has 2 rings (SSSR count). The summed E-state index contributed by atoms with van der Waals surface area (Å²) >= 11 is 0. The zero-order valence-corrected chi connectivity index (χ0v) is 10.4. The molecule has 1 aromatic carbocycles. The molecular formula is C13H16FN5. The molecule has 100 valence electrons. The van der Waals surface area contributed by atoms with Crippen molar-refractivity contribution in [1.82, 2.24) is 9.97 Å². The van der Waals surface area contributed by atoms with Crippen LogP contribution in [-0.2, 0) is 0 Å². The van der Waals surface area contributed by atoms with Gasteiger partial charge in [-0.2, -0.15) is 0 Å². The summed E-state index contributed by atoms with van der Waals surface area (Å²) in [6.07, 6.45) is 2.46. The Morgan fingerprint density at radius 2 is 1.95 bits per heavy atom. The Hall–Kier alpha value is -2.21. The number of halogens is 1. The first-order valence-electron chi connectivity index (χ1n) is 6.03. The maximum absolute atomic E-state index is 12.9. The summed E-state index contributed by atoms with van der Waals surface area (Å²) < 4.78 is 12.9. The first kappa shape index (κ1) is 13.2. The Bertz CT molecular complexity index is 541. The highest BCUT2D eigenvalue weighted by Crippen LogP contribution is 2.26. The number of anilines is 2. The second-order valence-corrected chi connectivity index (χ2v) is 4.07. The van der Waals surface area contributed by atoms with E-state index in [2.05, 4.69) is 15.3 Å². The average molecular weight is 261 g/mol. The first-order chi connectivity index (χ1) is 9.20. The lowest BCUT2D eigenvalue weighted by Crippen LogP contribution is -2.10. The number of aromatic nitrogens is 2. The number of nitrogens with zero attached hydrogens (tertiary/aromatic N) is 2. The summed E-state index contributed by atoms with van der Waals surface area (Å²) in [5.41, 5.74) is 13.3. The van der Waals surface area contributed by atoms with Crippen LogP contribution in [0.4, 0.5) is 16.0 Å². The molecule has 0 spiro atoms. The molecule has 0 radical (unpaired) electrons. The Morgan fingerprint density at radius 1 is 1.21 bits per heavy atom. The first-order valence-corrected chi connectivity index (χ1v) is 6.03. The van der Waals surface area contributed by atoms with Crippen LogP contribution in [0.1, 0.15) is 6.42 Å². The van der Waals surface area contributed by atoms with Gasteiger partial charge in [-0.05, 0) is 37.2 Å². The summed E-state index contributed by atoms with van der Waals surface area (Å²) in [4.78, 5) is 8.16. The summed E-state index contributed by atoms with van der Waals surface area (Å²) in [5, 5.41) is 3.20. The maximum atomic E-state index is 12.9. The molecule has 0 amide bonds. The molecule has 0 saturated carbocycles. The van der Waals surface area contributed by atoms with Gasteiger partial charge in [0.25, 0.3) is 0 Å². The van der Waals surface area contributed by atoms with Crippen LogP contribution in [0.15, 0.2) is 30.5 Å². The smallest absolute Gasteiger partial charge is 0.220 e. The van der Waals surface area contributed by atoms with E-state index < -0.39 is 0 Å². The molecule has 1 heterocycles. The Morgan fingerprint density at radius 3 is 2.63 bits per heavy atom. The predicted molar refractivity (Wildman–Crippen MR) is 74.0 cm³/mol. The molecule has 0 atom stereocenters. The van der Waals surface area contributed by atoms with E-state index in [0.717, 1.165) is 24.2 Å². The molecule has 0 aliphatic carbocycles. The van der Waals surface area contributed by atoms with Crippen LogP contribution in [-0.4, -0.2) is 23.1 Å². The predicted octanol–water partition coefficient (Wildman–Crippen LogP) is 1.63. The van der Waals surface area contributed by atoms with Gasteiger partial charge in [-0.25, -0.2) is 14.4 Å². The summed E-state index contributed by atoms with van der Waals surface area (Å²) in [7, 11) is 0. The standard InChI is InChI=1S/C13H16FN5/c14-10-4-2-9(3-5-10)12-11(17-7-1-6-15)8-18-13(16)19-12/h2-5,8,17H,1,6-7,15H2,(H2,16,18,19). The number of nitrogen functional groups attached to an aromatic ring is 1. The lowest BCUT2D eigenvalue weighted by Gasteiger charge is -2.11. The molecule has 0 unspecified atom stereocenters. The van der Waals surface area contributed by atoms with Crippen LogP contribution in [0.2, 0.25) is 0 Å². The highest BCUT2D eigenvalue weighted by atomic mass is 19.1. The minimum absolute atomic E-state index is 0.184. The maximum Gasteiger partial charge on any atom is 0.220 e. The van der Waals surface area contributed by atoms with E-state index in [4.69, 9.17) is 11.5 Å². The lowest BCUT2D eigenvalue weighted by molar-refractivity contribution is 0.628. The second-order valence-electron chi connectivity index (χ2n) is 4.07. The molecule has 0 bridgehead atoms. The topological polar surface area (TPSA) is 89.8 Å². The van der Waals surface area contributed by atoms with Gasteiger partial charge in [0.2, 0.25) is 5.95 Å². The highest BCUT2D eigenvalue weighted by molar-refractivity contribution is 5.74. The van der Waals surface area contributed by atoms with Crippen molar-refractivity contribution in [3.8, 4) is 11.3 Å². The molecular weight excluding hydrogens is 245 g/mol. The van der Waals surface area contributed by atoms with Crippen molar-refractivity contribution in [3.63, 3.8) is 0 Å². The minimum atomic E-state index is -0.289. The minimum Gasteiger partial charge on any atom is -0.382 e. The van der Waals surface area contributed by atoms with Crippen LogP contribution in [0.25, 0.3) is 11.3 Å². The number of nitrogens with one attached hydrogen (secondary N) is 1. The normalized spacial score (nSPS) is 10.4. The van der Waals surface area contributed by atoms with E-state index in [9.17, 15) is 4.39 Å². The van der Waals surface area contributed by atoms with Crippen molar-refractivity contribution in [2.24, 2.45) is 5.73 Å². The second kappa shape index (κ2) is 6.10. The van der Waals surface area contributed by atoms with Crippen molar-refractivity contribution in [2.45, 2.75) is 6.42 Å². The number of nitrogens with two attached hydrogens (primary N) is 2. The van der Waals surface area contributed by atoms with Crippen molar-refractivity contribution in [2.75, 3.05) is 24.1 Å². The molecule has 19 heavy (non-hydrogen) atoms. The molecule has 0 aliphatic rings. The third-order valence-electron chi connectivity index (χ3n) is 2.62. The van der Waals surface area contributed by atoms with Gasteiger partial charge >= 0.3 is 0 Å². The monoisotopic (exact) mass is 261 g/mol. The number of hydrogen-bond donors (Lipinski definition) is 3. The van der Waals surface area contributed by atoms with Gasteiger partial charge < -0.3 is 16.8 Å². The van der Waals surface area contributed by atoms with E-state index in [1.54, 1.807) is 18.3 Å². The molecule has 0 saturated heterocycles. The van der Waals surface area contributed by atoms with E-state index in [1.807, 2.05) is 0 Å². The van der Waals surface area contributed by atoms with Crippen LogP contribution in [0, 0.1) is 5.82 Å². The van der Waals surface area contributed by atoms with Gasteiger partial charge in [0, 0.05) is 12.1 Å². The fourth-order valence-corrected chi connectivity index (χ4v) is 1.68. The van der Waals surface area contributed by atoms with Crippen LogP contribution >= 0.6 is 0 Å². The van der Waals surface area contributed by atoms with Crippen molar-refractivity contribution in [1.29, 1.82) is 0 Å². The third-order valence-corrected chi connectivity index (χ3v) is 2.62. The Kier molecular flexibility index (Phi) is 4.25. The summed E-state index contributed by atoms with van der Waals surface area (Å²) in [6, 6.07) is 6.09. The summed E-state index contributed by atoms with van der Waals surface area (Å²) in [5.74, 6) is -0.105. The molecule has 5 nitrogen and oxygen atoms in total. The van der Waals surface area contributed by atoms with Crippen LogP contribution < -0.4 is 16.8 Å². The molecule has 6 heteroatoms. The van der Waals surface area contributed by atoms with E-state index in [0.29, 0.717) is 12.2 Å². The zero-order chi connectivity index (χ0) is 13.7. The number of rotatable bonds is 5. The number of hydrogen-bond acceptors (Lipinski definition) is 5. The van der Waals surface area contributed by atoms with Gasteiger partial charge in [0.15, 0.2) is 0 Å². The largest absolute Gasteiger partial charge is 0.382 e. The fraction of sp³-hybridized carbons (Fsp3) is 0.231. The van der Waals surface area contributed by atoms with Gasteiger partial charge in [-0.3, -0.25) is 0 Å².